The average molecular weight is 416 g/mol. The van der Waals surface area contributed by atoms with Crippen molar-refractivity contribution in [1.82, 2.24) is 9.97 Å². The van der Waals surface area contributed by atoms with Gasteiger partial charge < -0.3 is 29.7 Å². The van der Waals surface area contributed by atoms with Crippen molar-refractivity contribution in [2.75, 3.05) is 13.2 Å². The quantitative estimate of drug-likeness (QED) is 0.682. The van der Waals surface area contributed by atoms with Gasteiger partial charge >= 0.3 is 11.9 Å². The maximum absolute atomic E-state index is 13.1. The summed E-state index contributed by atoms with van der Waals surface area (Å²) in [6.45, 7) is 10.8. The molecule has 1 aliphatic carbocycles. The molecule has 0 amide bonds. The number of ether oxygens (including phenoxy) is 2. The lowest BCUT2D eigenvalue weighted by Gasteiger charge is -2.61. The topological polar surface area (TPSA) is 130 Å². The van der Waals surface area contributed by atoms with Gasteiger partial charge in [0.2, 0.25) is 0 Å². The van der Waals surface area contributed by atoms with Crippen LogP contribution in [0.4, 0.5) is 0 Å². The minimum atomic E-state index is -1.20. The SMILES string of the molecule is CCOC(=O)c1c(C)[nH]c(C2C([O-])C(c3[nH]c(C)c(C(=O)OCC)c3C)C2[O-])c1C. The predicted octanol–water partition coefficient (Wildman–Crippen LogP) is 1.27. The highest BCUT2D eigenvalue weighted by Gasteiger charge is 2.43. The van der Waals surface area contributed by atoms with Crippen molar-refractivity contribution < 1.29 is 29.3 Å². The summed E-state index contributed by atoms with van der Waals surface area (Å²) in [5.41, 5.74) is 4.10. The normalized spacial score (nSPS) is 23.2. The van der Waals surface area contributed by atoms with Crippen LogP contribution in [0.1, 0.15) is 80.3 Å². The lowest BCUT2D eigenvalue weighted by Crippen LogP contribution is -2.64. The molecule has 1 saturated carbocycles. The Bertz CT molecular complexity index is 887. The van der Waals surface area contributed by atoms with E-state index in [0.717, 1.165) is 0 Å². The molecule has 0 aromatic carbocycles. The molecule has 0 aliphatic heterocycles. The standard InChI is InChI=1S/C22H28N2O6/c1-7-29-21(27)13-9(3)17(23-11(13)5)15-19(25)16(20(15)26)18-10(4)14(12(6)24-18)22(28)30-8-2/h15-16,19-20,23-24H,7-8H2,1-6H3/q-2. The highest BCUT2D eigenvalue weighted by molar-refractivity contribution is 5.93. The first-order chi connectivity index (χ1) is 14.1. The Kier molecular flexibility index (Phi) is 6.10. The molecule has 2 aromatic rings. The molecule has 30 heavy (non-hydrogen) atoms. The van der Waals surface area contributed by atoms with Crippen molar-refractivity contribution in [2.45, 2.75) is 65.6 Å². The van der Waals surface area contributed by atoms with Crippen LogP contribution in [-0.2, 0) is 9.47 Å². The molecule has 0 bridgehead atoms. The van der Waals surface area contributed by atoms with Crippen LogP contribution in [0.2, 0.25) is 0 Å². The zero-order valence-corrected chi connectivity index (χ0v) is 18.2. The summed E-state index contributed by atoms with van der Waals surface area (Å²) in [4.78, 5) is 30.6. The fourth-order valence-corrected chi connectivity index (χ4v) is 4.57. The number of carbonyl (C=O) groups excluding carboxylic acids is 2. The summed E-state index contributed by atoms with van der Waals surface area (Å²) in [5, 5.41) is 26.2. The van der Waals surface area contributed by atoms with Gasteiger partial charge in [-0.25, -0.2) is 9.59 Å². The smallest absolute Gasteiger partial charge is 0.340 e. The third-order valence-corrected chi connectivity index (χ3v) is 5.99. The van der Waals surface area contributed by atoms with Crippen molar-refractivity contribution in [3.05, 3.63) is 45.0 Å². The number of carbonyl (C=O) groups is 2. The van der Waals surface area contributed by atoms with Gasteiger partial charge in [0, 0.05) is 22.8 Å². The van der Waals surface area contributed by atoms with E-state index in [0.29, 0.717) is 45.0 Å². The number of aromatic nitrogens is 2. The van der Waals surface area contributed by atoms with Crippen LogP contribution in [0, 0.1) is 27.7 Å². The van der Waals surface area contributed by atoms with Crippen LogP contribution in [0.5, 0.6) is 0 Å². The maximum Gasteiger partial charge on any atom is 0.340 e. The van der Waals surface area contributed by atoms with Gasteiger partial charge in [-0.15, -0.1) is 12.2 Å². The summed E-state index contributed by atoms with van der Waals surface area (Å²) in [6, 6.07) is 0. The Morgan fingerprint density at radius 2 is 1.10 bits per heavy atom. The van der Waals surface area contributed by atoms with E-state index in [1.807, 2.05) is 0 Å². The van der Waals surface area contributed by atoms with Gasteiger partial charge in [0.1, 0.15) is 0 Å². The van der Waals surface area contributed by atoms with Gasteiger partial charge in [0.25, 0.3) is 0 Å². The fraction of sp³-hybridized carbons (Fsp3) is 0.545. The van der Waals surface area contributed by atoms with Crippen LogP contribution < -0.4 is 10.2 Å². The monoisotopic (exact) mass is 416 g/mol. The van der Waals surface area contributed by atoms with Crippen molar-refractivity contribution in [2.24, 2.45) is 0 Å². The largest absolute Gasteiger partial charge is 0.851 e. The maximum atomic E-state index is 13.1. The van der Waals surface area contributed by atoms with Crippen molar-refractivity contribution in [3.8, 4) is 0 Å². The van der Waals surface area contributed by atoms with Crippen molar-refractivity contribution in [3.63, 3.8) is 0 Å². The highest BCUT2D eigenvalue weighted by Crippen LogP contribution is 2.47. The van der Waals surface area contributed by atoms with E-state index in [1.54, 1.807) is 41.5 Å². The van der Waals surface area contributed by atoms with Gasteiger partial charge in [0.05, 0.1) is 24.3 Å². The second kappa shape index (κ2) is 8.28. The first-order valence-corrected chi connectivity index (χ1v) is 10.2. The van der Waals surface area contributed by atoms with Gasteiger partial charge in [-0.3, -0.25) is 0 Å². The number of aryl methyl sites for hydroxylation is 2. The van der Waals surface area contributed by atoms with Crippen LogP contribution in [0.3, 0.4) is 0 Å². The number of H-pyrrole nitrogens is 2. The molecule has 8 heteroatoms. The van der Waals surface area contributed by atoms with Gasteiger partial charge in [0.15, 0.2) is 0 Å². The molecule has 2 aromatic heterocycles. The molecule has 0 saturated heterocycles. The number of rotatable bonds is 6. The van der Waals surface area contributed by atoms with Gasteiger partial charge in [-0.05, 0) is 64.5 Å². The lowest BCUT2D eigenvalue weighted by atomic mass is 9.65. The second-order valence-corrected chi connectivity index (χ2v) is 7.75. The van der Waals surface area contributed by atoms with Crippen LogP contribution in [0.25, 0.3) is 0 Å². The summed E-state index contributed by atoms with van der Waals surface area (Å²) < 4.78 is 10.2. The number of hydrogen-bond acceptors (Lipinski definition) is 6. The molecule has 2 N–H and O–H groups in total. The molecule has 0 atom stereocenters. The Hall–Kier alpha value is -2.58. The highest BCUT2D eigenvalue weighted by atomic mass is 16.5. The molecule has 1 aliphatic rings. The Morgan fingerprint density at radius 3 is 1.40 bits per heavy atom. The number of hydrogen-bond donors (Lipinski definition) is 2. The number of nitrogens with one attached hydrogen (secondary N) is 2. The summed E-state index contributed by atoms with van der Waals surface area (Å²) >= 11 is 0. The van der Waals surface area contributed by atoms with E-state index in [4.69, 9.17) is 9.47 Å². The zero-order valence-electron chi connectivity index (χ0n) is 18.2. The molecule has 3 rings (SSSR count). The van der Waals surface area contributed by atoms with E-state index in [-0.39, 0.29) is 13.2 Å². The third-order valence-electron chi connectivity index (χ3n) is 5.99. The van der Waals surface area contributed by atoms with Crippen molar-refractivity contribution >= 4 is 11.9 Å². The van der Waals surface area contributed by atoms with Gasteiger partial charge in [-0.1, -0.05) is 0 Å². The second-order valence-electron chi connectivity index (χ2n) is 7.75. The average Bonchev–Trinajstić information content (AvgIpc) is 3.11. The van der Waals surface area contributed by atoms with Gasteiger partial charge in [-0.2, -0.15) is 0 Å². The Balaban J connectivity index is 1.91. The first-order valence-electron chi connectivity index (χ1n) is 10.2. The first kappa shape index (κ1) is 22.1. The molecular formula is C22H28N2O6-2. The minimum Gasteiger partial charge on any atom is -0.851 e. The van der Waals surface area contributed by atoms with E-state index >= 15 is 0 Å². The molecule has 8 nitrogen and oxygen atoms in total. The third kappa shape index (κ3) is 3.33. The molecule has 0 unspecified atom stereocenters. The van der Waals surface area contributed by atoms with Crippen LogP contribution in [-0.4, -0.2) is 47.3 Å². The van der Waals surface area contributed by atoms with Crippen LogP contribution in [0.15, 0.2) is 0 Å². The minimum absolute atomic E-state index is 0.242. The number of aromatic amines is 2. The predicted molar refractivity (Wildman–Crippen MR) is 106 cm³/mol. The Labute approximate surface area is 175 Å². The summed E-state index contributed by atoms with van der Waals surface area (Å²) in [6.07, 6.45) is -2.41. The lowest BCUT2D eigenvalue weighted by molar-refractivity contribution is -0.536. The summed E-state index contributed by atoms with van der Waals surface area (Å²) in [5.74, 6) is -2.53. The molecule has 2 heterocycles. The Morgan fingerprint density at radius 1 is 0.767 bits per heavy atom. The number of esters is 2. The molecule has 1 fully saturated rings. The molecule has 164 valence electrons. The van der Waals surface area contributed by atoms with E-state index < -0.39 is 36.0 Å². The van der Waals surface area contributed by atoms with Crippen LogP contribution >= 0.6 is 0 Å². The van der Waals surface area contributed by atoms with Crippen molar-refractivity contribution in [1.29, 1.82) is 0 Å². The molecular weight excluding hydrogens is 388 g/mol. The molecule has 0 radical (unpaired) electrons. The van der Waals surface area contributed by atoms with E-state index in [2.05, 4.69) is 9.97 Å². The zero-order chi connectivity index (χ0) is 22.3. The fourth-order valence-electron chi connectivity index (χ4n) is 4.57. The van der Waals surface area contributed by atoms with E-state index in [1.165, 1.54) is 0 Å². The summed E-state index contributed by atoms with van der Waals surface area (Å²) in [7, 11) is 0. The molecule has 0 spiro atoms. The van der Waals surface area contributed by atoms with E-state index in [9.17, 15) is 19.8 Å².